The lowest BCUT2D eigenvalue weighted by Crippen LogP contribution is -2.35. The maximum atomic E-state index is 4.67. The van der Waals surface area contributed by atoms with Gasteiger partial charge in [-0.1, -0.05) is 13.8 Å². The summed E-state index contributed by atoms with van der Waals surface area (Å²) in [5.74, 6) is 0.829. The molecule has 0 aliphatic carbocycles. The summed E-state index contributed by atoms with van der Waals surface area (Å²) < 4.78 is 0. The van der Waals surface area contributed by atoms with Gasteiger partial charge in [-0.25, -0.2) is 9.97 Å². The largest absolute Gasteiger partial charge is 0.341 e. The Morgan fingerprint density at radius 1 is 1.25 bits per heavy atom. The molecule has 20 heavy (non-hydrogen) atoms. The number of aryl methyl sites for hydroxylation is 1. The second-order valence-corrected chi connectivity index (χ2v) is 6.47. The Balaban J connectivity index is 2.82. The third kappa shape index (κ3) is 4.75. The lowest BCUT2D eigenvalue weighted by molar-refractivity contribution is 0.423. The van der Waals surface area contributed by atoms with Crippen molar-refractivity contribution >= 4 is 5.95 Å². The van der Waals surface area contributed by atoms with Crippen molar-refractivity contribution in [1.29, 1.82) is 0 Å². The van der Waals surface area contributed by atoms with Crippen LogP contribution >= 0.6 is 0 Å². The summed E-state index contributed by atoms with van der Waals surface area (Å²) in [4.78, 5) is 11.4. The number of hydrogen-bond acceptors (Lipinski definition) is 4. The second kappa shape index (κ2) is 7.02. The normalized spacial score (nSPS) is 12.0. The molecule has 0 fully saturated rings. The molecule has 0 unspecified atom stereocenters. The number of rotatable bonds is 6. The molecule has 0 aromatic carbocycles. The molecule has 4 nitrogen and oxygen atoms in total. The molecule has 0 bridgehead atoms. The summed E-state index contributed by atoms with van der Waals surface area (Å²) in [5, 5.41) is 3.48. The topological polar surface area (TPSA) is 41.1 Å². The molecule has 4 heteroatoms. The predicted molar refractivity (Wildman–Crippen MR) is 86.1 cm³/mol. The summed E-state index contributed by atoms with van der Waals surface area (Å²) in [6.07, 6.45) is 4.18. The first-order valence-electron chi connectivity index (χ1n) is 7.58. The van der Waals surface area contributed by atoms with E-state index in [1.54, 1.807) is 0 Å². The smallest absolute Gasteiger partial charge is 0.225 e. The standard InChI is InChI=1S/C16H30N4/c1-8-14(9-2)20(7)15-17-10-13(12(3)19-15)11-18-16(4,5)6/h10,14,18H,8-9,11H2,1-7H3. The van der Waals surface area contributed by atoms with E-state index in [9.17, 15) is 0 Å². The Labute approximate surface area is 124 Å². The molecule has 0 amide bonds. The molecular weight excluding hydrogens is 248 g/mol. The Hall–Kier alpha value is -1.16. The summed E-state index contributed by atoms with van der Waals surface area (Å²) in [6, 6.07) is 0.507. The molecule has 0 saturated heterocycles. The zero-order valence-electron chi connectivity index (χ0n) is 14.1. The fourth-order valence-corrected chi connectivity index (χ4v) is 2.18. The third-order valence-corrected chi connectivity index (χ3v) is 3.68. The van der Waals surface area contributed by atoms with Crippen molar-refractivity contribution in [2.24, 2.45) is 0 Å². The minimum absolute atomic E-state index is 0.109. The minimum atomic E-state index is 0.109. The SMILES string of the molecule is CCC(CC)N(C)c1ncc(CNC(C)(C)C)c(C)n1. The fraction of sp³-hybridized carbons (Fsp3) is 0.750. The van der Waals surface area contributed by atoms with Crippen molar-refractivity contribution in [3.63, 3.8) is 0 Å². The molecule has 1 rings (SSSR count). The summed E-state index contributed by atoms with van der Waals surface area (Å²) >= 11 is 0. The quantitative estimate of drug-likeness (QED) is 0.867. The highest BCUT2D eigenvalue weighted by Crippen LogP contribution is 2.16. The Bertz CT molecular complexity index is 419. The fourth-order valence-electron chi connectivity index (χ4n) is 2.18. The van der Waals surface area contributed by atoms with E-state index >= 15 is 0 Å². The Morgan fingerprint density at radius 3 is 2.30 bits per heavy atom. The first kappa shape index (κ1) is 16.9. The van der Waals surface area contributed by atoms with Gasteiger partial charge in [-0.15, -0.1) is 0 Å². The van der Waals surface area contributed by atoms with Gasteiger partial charge in [-0.05, 0) is 40.5 Å². The molecule has 1 aromatic heterocycles. The second-order valence-electron chi connectivity index (χ2n) is 6.47. The first-order chi connectivity index (χ1) is 9.28. The van der Waals surface area contributed by atoms with Gasteiger partial charge in [-0.3, -0.25) is 0 Å². The Kier molecular flexibility index (Phi) is 5.93. The molecule has 1 N–H and O–H groups in total. The zero-order chi connectivity index (χ0) is 15.3. The van der Waals surface area contributed by atoms with E-state index in [-0.39, 0.29) is 5.54 Å². The number of anilines is 1. The van der Waals surface area contributed by atoms with Gasteiger partial charge in [0.05, 0.1) is 0 Å². The van der Waals surface area contributed by atoms with Crippen molar-refractivity contribution < 1.29 is 0 Å². The van der Waals surface area contributed by atoms with Crippen molar-refractivity contribution in [3.8, 4) is 0 Å². The van der Waals surface area contributed by atoms with Crippen LogP contribution in [0.3, 0.4) is 0 Å². The number of nitrogens with one attached hydrogen (secondary N) is 1. The molecule has 0 aliphatic rings. The highest BCUT2D eigenvalue weighted by atomic mass is 15.2. The van der Waals surface area contributed by atoms with E-state index in [0.717, 1.165) is 31.0 Å². The maximum absolute atomic E-state index is 4.67. The van der Waals surface area contributed by atoms with Gasteiger partial charge in [0.15, 0.2) is 0 Å². The van der Waals surface area contributed by atoms with Crippen LogP contribution in [-0.2, 0) is 6.54 Å². The van der Waals surface area contributed by atoms with Crippen molar-refractivity contribution in [3.05, 3.63) is 17.5 Å². The van der Waals surface area contributed by atoms with Gasteiger partial charge >= 0.3 is 0 Å². The van der Waals surface area contributed by atoms with E-state index in [4.69, 9.17) is 0 Å². The number of aromatic nitrogens is 2. The van der Waals surface area contributed by atoms with Gasteiger partial charge in [0.25, 0.3) is 0 Å². The summed E-state index contributed by atoms with van der Waals surface area (Å²) in [7, 11) is 2.08. The van der Waals surface area contributed by atoms with E-state index in [1.807, 2.05) is 6.20 Å². The van der Waals surface area contributed by atoms with Gasteiger partial charge in [0.2, 0.25) is 5.95 Å². The van der Waals surface area contributed by atoms with Crippen LogP contribution in [0.5, 0.6) is 0 Å². The molecule has 114 valence electrons. The zero-order valence-corrected chi connectivity index (χ0v) is 14.1. The van der Waals surface area contributed by atoms with Crippen LogP contribution in [0.2, 0.25) is 0 Å². The number of hydrogen-bond donors (Lipinski definition) is 1. The minimum Gasteiger partial charge on any atom is -0.341 e. The lowest BCUT2D eigenvalue weighted by atomic mass is 10.1. The summed E-state index contributed by atoms with van der Waals surface area (Å²) in [5.41, 5.74) is 2.34. The third-order valence-electron chi connectivity index (χ3n) is 3.68. The van der Waals surface area contributed by atoms with Crippen LogP contribution in [0.4, 0.5) is 5.95 Å². The number of nitrogens with zero attached hydrogens (tertiary/aromatic N) is 3. The van der Waals surface area contributed by atoms with Crippen LogP contribution in [0.15, 0.2) is 6.20 Å². The lowest BCUT2D eigenvalue weighted by Gasteiger charge is -2.27. The molecule has 0 atom stereocenters. The van der Waals surface area contributed by atoms with Crippen LogP contribution in [0.25, 0.3) is 0 Å². The molecule has 1 heterocycles. The monoisotopic (exact) mass is 278 g/mol. The molecule has 0 aliphatic heterocycles. The van der Waals surface area contributed by atoms with Crippen LogP contribution in [-0.4, -0.2) is 28.6 Å². The van der Waals surface area contributed by atoms with Gasteiger partial charge < -0.3 is 10.2 Å². The molecular formula is C16H30N4. The van der Waals surface area contributed by atoms with Gasteiger partial charge in [0.1, 0.15) is 0 Å². The van der Waals surface area contributed by atoms with Gasteiger partial charge in [0, 0.05) is 42.6 Å². The van der Waals surface area contributed by atoms with E-state index in [0.29, 0.717) is 6.04 Å². The van der Waals surface area contributed by atoms with Gasteiger partial charge in [-0.2, -0.15) is 0 Å². The summed E-state index contributed by atoms with van der Waals surface area (Å²) in [6.45, 7) is 13.8. The highest BCUT2D eigenvalue weighted by molar-refractivity contribution is 5.33. The molecule has 0 radical (unpaired) electrons. The van der Waals surface area contributed by atoms with Crippen molar-refractivity contribution in [1.82, 2.24) is 15.3 Å². The average Bonchev–Trinajstić information content (AvgIpc) is 2.37. The maximum Gasteiger partial charge on any atom is 0.225 e. The van der Waals surface area contributed by atoms with Crippen molar-refractivity contribution in [2.45, 2.75) is 72.5 Å². The molecule has 1 aromatic rings. The van der Waals surface area contributed by atoms with Crippen LogP contribution in [0.1, 0.15) is 58.7 Å². The molecule has 0 spiro atoms. The predicted octanol–water partition coefficient (Wildman–Crippen LogP) is 3.30. The van der Waals surface area contributed by atoms with Crippen LogP contribution in [0, 0.1) is 6.92 Å². The van der Waals surface area contributed by atoms with E-state index in [1.165, 1.54) is 5.56 Å². The average molecular weight is 278 g/mol. The first-order valence-corrected chi connectivity index (χ1v) is 7.58. The highest BCUT2D eigenvalue weighted by Gasteiger charge is 2.15. The van der Waals surface area contributed by atoms with Crippen LogP contribution < -0.4 is 10.2 Å². The molecule has 0 saturated carbocycles. The van der Waals surface area contributed by atoms with Crippen molar-refractivity contribution in [2.75, 3.05) is 11.9 Å². The van der Waals surface area contributed by atoms with E-state index < -0.39 is 0 Å². The van der Waals surface area contributed by atoms with E-state index in [2.05, 4.69) is 68.8 Å². The Morgan fingerprint density at radius 2 is 1.85 bits per heavy atom.